The van der Waals surface area contributed by atoms with Gasteiger partial charge in [0, 0.05) is 24.0 Å². The predicted molar refractivity (Wildman–Crippen MR) is 128 cm³/mol. The number of aromatic nitrogens is 2. The Balaban J connectivity index is 1.37. The molecule has 3 aromatic rings. The van der Waals surface area contributed by atoms with Crippen LogP contribution < -0.4 is 16.0 Å². The molecule has 4 rings (SSSR count). The van der Waals surface area contributed by atoms with E-state index in [1.54, 1.807) is 24.3 Å². The lowest BCUT2D eigenvalue weighted by Crippen LogP contribution is -2.41. The summed E-state index contributed by atoms with van der Waals surface area (Å²) in [6.45, 7) is 2.51. The number of benzene rings is 2. The number of hydrogen-bond donors (Lipinski definition) is 4. The second-order valence-electron chi connectivity index (χ2n) is 8.11. The van der Waals surface area contributed by atoms with Gasteiger partial charge in [-0.3, -0.25) is 14.4 Å². The minimum absolute atomic E-state index is 0.00319. The summed E-state index contributed by atoms with van der Waals surface area (Å²) in [5.74, 6) is -2.02. The lowest BCUT2D eigenvalue weighted by Gasteiger charge is -2.27. The van der Waals surface area contributed by atoms with Gasteiger partial charge in [0.25, 0.3) is 17.7 Å². The van der Waals surface area contributed by atoms with Crippen LogP contribution in [-0.4, -0.2) is 46.4 Å². The first kappa shape index (κ1) is 24.4. The van der Waals surface area contributed by atoms with Crippen molar-refractivity contribution in [1.29, 1.82) is 0 Å². The maximum absolute atomic E-state index is 13.2. The van der Waals surface area contributed by atoms with Crippen molar-refractivity contribution in [3.05, 3.63) is 76.6 Å². The number of nitrogens with one attached hydrogen (secondary N) is 4. The summed E-state index contributed by atoms with van der Waals surface area (Å²) in [7, 11) is 0. The van der Waals surface area contributed by atoms with Crippen LogP contribution in [0.2, 0.25) is 5.02 Å². The molecule has 2 aromatic carbocycles. The zero-order valence-electron chi connectivity index (χ0n) is 18.7. The Morgan fingerprint density at radius 1 is 1.06 bits per heavy atom. The minimum Gasteiger partial charge on any atom is -0.378 e. The second-order valence-corrected chi connectivity index (χ2v) is 8.52. The zero-order chi connectivity index (χ0) is 24.9. The first-order chi connectivity index (χ1) is 16.8. The Labute approximate surface area is 205 Å². The van der Waals surface area contributed by atoms with Crippen molar-refractivity contribution in [3.8, 4) is 0 Å². The average molecular weight is 500 g/mol. The van der Waals surface area contributed by atoms with Gasteiger partial charge in [0.15, 0.2) is 5.69 Å². The predicted octanol–water partition coefficient (Wildman–Crippen LogP) is 4.00. The maximum Gasteiger partial charge on any atom is 0.276 e. The van der Waals surface area contributed by atoms with Gasteiger partial charge in [-0.05, 0) is 62.2 Å². The van der Waals surface area contributed by atoms with Gasteiger partial charge < -0.3 is 25.7 Å². The molecule has 1 aliphatic heterocycles. The number of rotatable bonds is 6. The van der Waals surface area contributed by atoms with Gasteiger partial charge in [-0.1, -0.05) is 11.6 Å². The molecule has 0 radical (unpaired) electrons. The maximum atomic E-state index is 13.2. The van der Waals surface area contributed by atoms with Crippen molar-refractivity contribution in [2.24, 2.45) is 0 Å². The summed E-state index contributed by atoms with van der Waals surface area (Å²) in [4.78, 5) is 44.5. The number of carbonyl (C=O) groups is 3. The van der Waals surface area contributed by atoms with Crippen LogP contribution in [0.5, 0.6) is 0 Å². The molecule has 35 heavy (non-hydrogen) atoms. The monoisotopic (exact) mass is 499 g/mol. The summed E-state index contributed by atoms with van der Waals surface area (Å²) in [5, 5.41) is 8.25. The number of ether oxygens (including phenoxy) is 1. The summed E-state index contributed by atoms with van der Waals surface area (Å²) in [6.07, 6.45) is 2.73. The van der Waals surface area contributed by atoms with Gasteiger partial charge in [0.05, 0.1) is 23.0 Å². The third-order valence-corrected chi connectivity index (χ3v) is 5.79. The zero-order valence-corrected chi connectivity index (χ0v) is 19.5. The van der Waals surface area contributed by atoms with Crippen LogP contribution in [0.15, 0.2) is 48.8 Å². The average Bonchev–Trinajstić information content (AvgIpc) is 3.31. The van der Waals surface area contributed by atoms with E-state index in [0.717, 1.165) is 12.1 Å². The number of H-pyrrole nitrogens is 1. The van der Waals surface area contributed by atoms with Crippen LogP contribution in [0.1, 0.15) is 51.1 Å². The normalized spacial score (nSPS) is 17.5. The van der Waals surface area contributed by atoms with Crippen LogP contribution >= 0.6 is 11.6 Å². The molecule has 1 aliphatic rings. The van der Waals surface area contributed by atoms with Crippen LogP contribution in [0, 0.1) is 5.82 Å². The highest BCUT2D eigenvalue weighted by atomic mass is 35.5. The molecule has 2 atom stereocenters. The van der Waals surface area contributed by atoms with E-state index in [4.69, 9.17) is 16.3 Å². The lowest BCUT2D eigenvalue weighted by atomic mass is 10.0. The molecule has 3 amide bonds. The third kappa shape index (κ3) is 6.03. The standard InChI is InChI=1S/C24H23ClFN5O4/c1-13-10-17(8-9-35-13)31-24(34)21-20(27-12-28-21)23(33)30-16-5-3-15(4-6-16)29-22(32)18-7-2-14(26)11-19(18)25/h2-7,11-13,17H,8-10H2,1H3,(H,27,28)(H,29,32)(H,30,33)(H,31,34). The number of amides is 3. The second kappa shape index (κ2) is 10.7. The van der Waals surface area contributed by atoms with E-state index in [1.165, 1.54) is 12.4 Å². The number of aromatic amines is 1. The number of nitrogens with zero attached hydrogens (tertiary/aromatic N) is 1. The molecule has 4 N–H and O–H groups in total. The van der Waals surface area contributed by atoms with E-state index in [-0.39, 0.29) is 34.1 Å². The molecule has 182 valence electrons. The first-order valence-electron chi connectivity index (χ1n) is 10.9. The molecule has 1 aromatic heterocycles. The number of imidazole rings is 1. The molecule has 0 bridgehead atoms. The Morgan fingerprint density at radius 3 is 2.40 bits per heavy atom. The lowest BCUT2D eigenvalue weighted by molar-refractivity contribution is 0.0136. The summed E-state index contributed by atoms with van der Waals surface area (Å²) in [5.41, 5.74) is 1.04. The summed E-state index contributed by atoms with van der Waals surface area (Å²) >= 11 is 5.93. The van der Waals surface area contributed by atoms with Crippen LogP contribution in [0.25, 0.3) is 0 Å². The fourth-order valence-corrected chi connectivity index (χ4v) is 3.98. The van der Waals surface area contributed by atoms with Gasteiger partial charge in [-0.15, -0.1) is 0 Å². The minimum atomic E-state index is -0.563. The molecule has 2 unspecified atom stereocenters. The molecule has 11 heteroatoms. The Bertz CT molecular complexity index is 1250. The van der Waals surface area contributed by atoms with Crippen molar-refractivity contribution < 1.29 is 23.5 Å². The summed E-state index contributed by atoms with van der Waals surface area (Å²) in [6, 6.07) is 9.77. The van der Waals surface area contributed by atoms with Crippen LogP contribution in [-0.2, 0) is 4.74 Å². The molecule has 2 heterocycles. The third-order valence-electron chi connectivity index (χ3n) is 5.48. The Hall–Kier alpha value is -3.76. The van der Waals surface area contributed by atoms with E-state index in [2.05, 4.69) is 25.9 Å². The Morgan fingerprint density at radius 2 is 1.74 bits per heavy atom. The molecule has 1 saturated heterocycles. The molecule has 0 saturated carbocycles. The highest BCUT2D eigenvalue weighted by Crippen LogP contribution is 2.21. The molecular weight excluding hydrogens is 477 g/mol. The van der Waals surface area contributed by atoms with Crippen LogP contribution in [0.3, 0.4) is 0 Å². The number of carbonyl (C=O) groups excluding carboxylic acids is 3. The number of anilines is 2. The highest BCUT2D eigenvalue weighted by Gasteiger charge is 2.25. The number of hydrogen-bond acceptors (Lipinski definition) is 5. The van der Waals surface area contributed by atoms with Gasteiger partial charge >= 0.3 is 0 Å². The molecule has 0 aliphatic carbocycles. The fraction of sp³-hybridized carbons (Fsp3) is 0.250. The fourth-order valence-electron chi connectivity index (χ4n) is 3.73. The quantitative estimate of drug-likeness (QED) is 0.408. The van der Waals surface area contributed by atoms with Crippen molar-refractivity contribution in [3.63, 3.8) is 0 Å². The summed E-state index contributed by atoms with van der Waals surface area (Å²) < 4.78 is 18.7. The van der Waals surface area contributed by atoms with Crippen molar-refractivity contribution >= 4 is 40.7 Å². The van der Waals surface area contributed by atoms with Gasteiger partial charge in [-0.2, -0.15) is 0 Å². The van der Waals surface area contributed by atoms with E-state index >= 15 is 0 Å². The van der Waals surface area contributed by atoms with Crippen LogP contribution in [0.4, 0.5) is 15.8 Å². The Kier molecular flexibility index (Phi) is 7.42. The number of halogens is 2. The molecule has 1 fully saturated rings. The van der Waals surface area contributed by atoms with Gasteiger partial charge in [-0.25, -0.2) is 9.37 Å². The molecule has 0 spiro atoms. The van der Waals surface area contributed by atoms with Gasteiger partial charge in [0.2, 0.25) is 0 Å². The van der Waals surface area contributed by atoms with Crippen molar-refractivity contribution in [2.75, 3.05) is 17.2 Å². The SMILES string of the molecule is CC1CC(NC(=O)c2[nH]cnc2C(=O)Nc2ccc(NC(=O)c3ccc(F)cc3Cl)cc2)CCO1. The topological polar surface area (TPSA) is 125 Å². The highest BCUT2D eigenvalue weighted by molar-refractivity contribution is 6.34. The molecular formula is C24H23ClFN5O4. The smallest absolute Gasteiger partial charge is 0.276 e. The van der Waals surface area contributed by atoms with E-state index < -0.39 is 23.5 Å². The first-order valence-corrected chi connectivity index (χ1v) is 11.3. The van der Waals surface area contributed by atoms with Crippen molar-refractivity contribution in [1.82, 2.24) is 15.3 Å². The van der Waals surface area contributed by atoms with E-state index in [1.807, 2.05) is 6.92 Å². The van der Waals surface area contributed by atoms with E-state index in [9.17, 15) is 18.8 Å². The largest absolute Gasteiger partial charge is 0.378 e. The van der Waals surface area contributed by atoms with E-state index in [0.29, 0.717) is 30.8 Å². The van der Waals surface area contributed by atoms with Gasteiger partial charge in [0.1, 0.15) is 11.5 Å². The van der Waals surface area contributed by atoms with Crippen molar-refractivity contribution in [2.45, 2.75) is 31.9 Å². The molecule has 9 nitrogen and oxygen atoms in total.